The molecule has 1 fully saturated rings. The summed E-state index contributed by atoms with van der Waals surface area (Å²) in [6.45, 7) is 4.10. The molecule has 1 aliphatic heterocycles. The number of aliphatic hydroxyl groups is 1. The van der Waals surface area contributed by atoms with Gasteiger partial charge in [0.2, 0.25) is 0 Å². The number of carbonyl (C=O) groups excluding carboxylic acids is 1. The summed E-state index contributed by atoms with van der Waals surface area (Å²) < 4.78 is 32.4. The van der Waals surface area contributed by atoms with E-state index < -0.39 is 18.2 Å². The molecule has 0 amide bonds. The quantitative estimate of drug-likeness (QED) is 0.406. The molecule has 0 aliphatic carbocycles. The minimum absolute atomic E-state index is 0.0252. The van der Waals surface area contributed by atoms with E-state index in [0.717, 1.165) is 33.4 Å². The van der Waals surface area contributed by atoms with Crippen LogP contribution in [0, 0.1) is 23.5 Å². The molecule has 2 atom stereocenters. The molecule has 3 aromatic rings. The molecule has 3 aromatic carbocycles. The SMILES string of the molecule is CC(C)c1cc(-c2ccc(F)cc2)cc(-c2ccc(F)cc2)c1C#C[C@@H]1C[C@@H](O)CC(=O)O1. The van der Waals surface area contributed by atoms with Crippen molar-refractivity contribution >= 4 is 5.97 Å². The van der Waals surface area contributed by atoms with Crippen LogP contribution in [-0.4, -0.2) is 23.3 Å². The Morgan fingerprint density at radius 3 is 2.12 bits per heavy atom. The van der Waals surface area contributed by atoms with Crippen molar-refractivity contribution in [1.82, 2.24) is 0 Å². The van der Waals surface area contributed by atoms with Crippen molar-refractivity contribution in [2.75, 3.05) is 0 Å². The topological polar surface area (TPSA) is 46.5 Å². The van der Waals surface area contributed by atoms with Crippen LogP contribution in [0.2, 0.25) is 0 Å². The van der Waals surface area contributed by atoms with Gasteiger partial charge in [0, 0.05) is 12.0 Å². The zero-order valence-corrected chi connectivity index (χ0v) is 18.4. The summed E-state index contributed by atoms with van der Waals surface area (Å²) in [6.07, 6.45) is -1.23. The lowest BCUT2D eigenvalue weighted by Gasteiger charge is -2.22. The van der Waals surface area contributed by atoms with Gasteiger partial charge in [-0.1, -0.05) is 50.0 Å². The number of esters is 1. The minimum Gasteiger partial charge on any atom is -0.449 e. The van der Waals surface area contributed by atoms with E-state index >= 15 is 0 Å². The van der Waals surface area contributed by atoms with Gasteiger partial charge >= 0.3 is 5.97 Å². The maximum Gasteiger partial charge on any atom is 0.309 e. The van der Waals surface area contributed by atoms with Gasteiger partial charge in [-0.05, 0) is 70.1 Å². The molecule has 0 radical (unpaired) electrons. The van der Waals surface area contributed by atoms with Gasteiger partial charge in [0.15, 0.2) is 6.10 Å². The fraction of sp³-hybridized carbons (Fsp3) is 0.250. The largest absolute Gasteiger partial charge is 0.449 e. The first-order valence-electron chi connectivity index (χ1n) is 10.9. The summed E-state index contributed by atoms with van der Waals surface area (Å²) in [5.74, 6) is 5.17. The Hall–Kier alpha value is -3.49. The Labute approximate surface area is 192 Å². The molecular formula is C28H24F2O3. The second-order valence-corrected chi connectivity index (χ2v) is 8.50. The minimum atomic E-state index is -0.771. The van der Waals surface area contributed by atoms with Gasteiger partial charge in [0.25, 0.3) is 0 Å². The number of ether oxygens (including phenoxy) is 1. The van der Waals surface area contributed by atoms with Crippen molar-refractivity contribution in [3.8, 4) is 34.1 Å². The van der Waals surface area contributed by atoms with E-state index in [0.29, 0.717) is 0 Å². The Bertz CT molecular complexity index is 1220. The van der Waals surface area contributed by atoms with Gasteiger partial charge in [-0.15, -0.1) is 0 Å². The fourth-order valence-electron chi connectivity index (χ4n) is 3.94. The summed E-state index contributed by atoms with van der Waals surface area (Å²) in [5.41, 5.74) is 5.04. The van der Waals surface area contributed by atoms with Gasteiger partial charge in [-0.2, -0.15) is 0 Å². The molecule has 4 rings (SSSR count). The van der Waals surface area contributed by atoms with Crippen LogP contribution in [0.1, 0.15) is 43.7 Å². The first-order valence-corrected chi connectivity index (χ1v) is 10.9. The second-order valence-electron chi connectivity index (χ2n) is 8.50. The molecule has 33 heavy (non-hydrogen) atoms. The third kappa shape index (κ3) is 5.30. The lowest BCUT2D eigenvalue weighted by Crippen LogP contribution is -2.31. The van der Waals surface area contributed by atoms with Crippen LogP contribution in [0.15, 0.2) is 60.7 Å². The standard InChI is InChI=1S/C28H24F2O3/c1-17(2)26-13-20(18-3-7-21(29)8-4-18)14-27(19-5-9-22(30)10-6-19)25(26)12-11-24-15-23(31)16-28(32)33-24/h3-10,13-14,17,23-24,31H,15-16H2,1-2H3/t23-,24-/m1/s1. The molecule has 1 saturated heterocycles. The highest BCUT2D eigenvalue weighted by atomic mass is 19.1. The summed E-state index contributed by atoms with van der Waals surface area (Å²) in [5, 5.41) is 9.90. The van der Waals surface area contributed by atoms with Crippen LogP contribution in [0.4, 0.5) is 8.78 Å². The van der Waals surface area contributed by atoms with Crippen molar-refractivity contribution in [2.24, 2.45) is 0 Å². The number of halogens is 2. The van der Waals surface area contributed by atoms with Crippen molar-refractivity contribution < 1.29 is 23.4 Å². The Morgan fingerprint density at radius 1 is 0.939 bits per heavy atom. The number of rotatable bonds is 3. The first-order chi connectivity index (χ1) is 15.8. The number of hydrogen-bond donors (Lipinski definition) is 1. The zero-order valence-electron chi connectivity index (χ0n) is 18.4. The van der Waals surface area contributed by atoms with Gasteiger partial charge in [-0.25, -0.2) is 8.78 Å². The predicted octanol–water partition coefficient (Wildman–Crippen LogP) is 5.84. The molecule has 1 aliphatic rings. The molecule has 3 nitrogen and oxygen atoms in total. The van der Waals surface area contributed by atoms with E-state index in [-0.39, 0.29) is 30.4 Å². The predicted molar refractivity (Wildman–Crippen MR) is 123 cm³/mol. The zero-order chi connectivity index (χ0) is 23.5. The van der Waals surface area contributed by atoms with Crippen LogP contribution < -0.4 is 0 Å². The summed E-state index contributed by atoms with van der Waals surface area (Å²) in [4.78, 5) is 11.7. The highest BCUT2D eigenvalue weighted by Gasteiger charge is 2.26. The molecular weight excluding hydrogens is 422 g/mol. The third-order valence-corrected chi connectivity index (χ3v) is 5.64. The molecule has 0 spiro atoms. The van der Waals surface area contributed by atoms with Gasteiger partial charge in [0.1, 0.15) is 11.6 Å². The lowest BCUT2D eigenvalue weighted by atomic mass is 9.86. The first kappa shape index (κ1) is 22.7. The molecule has 1 heterocycles. The molecule has 0 unspecified atom stereocenters. The number of aliphatic hydroxyl groups excluding tert-OH is 1. The maximum absolute atomic E-state index is 13.6. The molecule has 0 bridgehead atoms. The average Bonchev–Trinajstić information content (AvgIpc) is 2.77. The van der Waals surface area contributed by atoms with E-state index in [1.807, 2.05) is 26.0 Å². The van der Waals surface area contributed by atoms with Crippen molar-refractivity contribution in [2.45, 2.75) is 44.8 Å². The van der Waals surface area contributed by atoms with E-state index in [9.17, 15) is 18.7 Å². The maximum atomic E-state index is 13.6. The van der Waals surface area contributed by atoms with E-state index in [1.54, 1.807) is 24.3 Å². The molecule has 0 aromatic heterocycles. The summed E-state index contributed by atoms with van der Waals surface area (Å²) in [7, 11) is 0. The van der Waals surface area contributed by atoms with Crippen LogP contribution in [0.5, 0.6) is 0 Å². The van der Waals surface area contributed by atoms with Gasteiger partial charge in [-0.3, -0.25) is 4.79 Å². The number of benzene rings is 3. The van der Waals surface area contributed by atoms with Crippen LogP contribution >= 0.6 is 0 Å². The summed E-state index contributed by atoms with van der Waals surface area (Å²) in [6, 6.07) is 16.4. The Balaban J connectivity index is 1.88. The fourth-order valence-corrected chi connectivity index (χ4v) is 3.94. The summed E-state index contributed by atoms with van der Waals surface area (Å²) >= 11 is 0. The number of hydrogen-bond acceptors (Lipinski definition) is 3. The van der Waals surface area contributed by atoms with Crippen LogP contribution in [0.3, 0.4) is 0 Å². The molecule has 0 saturated carbocycles. The highest BCUT2D eigenvalue weighted by Crippen LogP contribution is 2.35. The monoisotopic (exact) mass is 446 g/mol. The molecule has 5 heteroatoms. The van der Waals surface area contributed by atoms with Crippen LogP contribution in [0.25, 0.3) is 22.3 Å². The lowest BCUT2D eigenvalue weighted by molar-refractivity contribution is -0.155. The van der Waals surface area contributed by atoms with Crippen molar-refractivity contribution in [3.05, 3.63) is 83.4 Å². The number of carbonyl (C=O) groups is 1. The van der Waals surface area contributed by atoms with E-state index in [4.69, 9.17) is 4.74 Å². The molecule has 1 N–H and O–H groups in total. The van der Waals surface area contributed by atoms with Crippen molar-refractivity contribution in [3.63, 3.8) is 0 Å². The second kappa shape index (κ2) is 9.56. The van der Waals surface area contributed by atoms with Crippen molar-refractivity contribution in [1.29, 1.82) is 0 Å². The Morgan fingerprint density at radius 2 is 1.55 bits per heavy atom. The van der Waals surface area contributed by atoms with Gasteiger partial charge in [0.05, 0.1) is 12.5 Å². The van der Waals surface area contributed by atoms with E-state index in [2.05, 4.69) is 11.8 Å². The smallest absolute Gasteiger partial charge is 0.309 e. The molecule has 168 valence electrons. The normalized spacial score (nSPS) is 17.9. The van der Waals surface area contributed by atoms with Gasteiger partial charge < -0.3 is 9.84 Å². The number of cyclic esters (lactones) is 1. The highest BCUT2D eigenvalue weighted by molar-refractivity contribution is 5.80. The Kier molecular flexibility index (Phi) is 6.57. The average molecular weight is 446 g/mol. The van der Waals surface area contributed by atoms with E-state index in [1.165, 1.54) is 24.3 Å². The third-order valence-electron chi connectivity index (χ3n) is 5.64. The van der Waals surface area contributed by atoms with Crippen LogP contribution in [-0.2, 0) is 9.53 Å².